The molecule has 114 valence electrons. The van der Waals surface area contributed by atoms with Gasteiger partial charge >= 0.3 is 0 Å². The van der Waals surface area contributed by atoms with Crippen LogP contribution in [0.3, 0.4) is 0 Å². The molecule has 0 amide bonds. The van der Waals surface area contributed by atoms with Gasteiger partial charge in [-0.3, -0.25) is 0 Å². The fourth-order valence-corrected chi connectivity index (χ4v) is 3.13. The highest BCUT2D eigenvalue weighted by molar-refractivity contribution is 5.96. The van der Waals surface area contributed by atoms with E-state index < -0.39 is 0 Å². The second kappa shape index (κ2) is 4.83. The molecule has 1 heterocycles. The molecule has 24 heavy (non-hydrogen) atoms. The predicted octanol–water partition coefficient (Wildman–Crippen LogP) is 5.51. The molecule has 0 radical (unpaired) electrons. The topological polar surface area (TPSA) is 46.3 Å². The molecular formula is C21H13NO2. The Kier molecular flexibility index (Phi) is 2.65. The van der Waals surface area contributed by atoms with Gasteiger partial charge in [0.15, 0.2) is 5.58 Å². The lowest BCUT2D eigenvalue weighted by Crippen LogP contribution is -1.81. The van der Waals surface area contributed by atoms with Gasteiger partial charge in [0.1, 0.15) is 11.3 Å². The molecule has 0 unspecified atom stereocenters. The third kappa shape index (κ3) is 1.95. The van der Waals surface area contributed by atoms with Crippen LogP contribution in [0.25, 0.3) is 44.1 Å². The lowest BCUT2D eigenvalue weighted by molar-refractivity contribution is 0.475. The minimum Gasteiger partial charge on any atom is -0.507 e. The maximum absolute atomic E-state index is 10.4. The summed E-state index contributed by atoms with van der Waals surface area (Å²) in [4.78, 5) is 4.57. The summed E-state index contributed by atoms with van der Waals surface area (Å²) in [6.07, 6.45) is 0. The molecule has 1 N–H and O–H groups in total. The minimum absolute atomic E-state index is 0.171. The van der Waals surface area contributed by atoms with Gasteiger partial charge in [-0.25, -0.2) is 4.98 Å². The number of oxazole rings is 1. The fraction of sp³-hybridized carbons (Fsp3) is 0. The first-order valence-electron chi connectivity index (χ1n) is 7.79. The summed E-state index contributed by atoms with van der Waals surface area (Å²) in [5.74, 6) is 0.605. The number of aromatic nitrogens is 1. The van der Waals surface area contributed by atoms with E-state index in [2.05, 4.69) is 11.1 Å². The highest BCUT2D eigenvalue weighted by Crippen LogP contribution is 2.35. The lowest BCUT2D eigenvalue weighted by atomic mass is 10.1. The van der Waals surface area contributed by atoms with E-state index in [9.17, 15) is 5.11 Å². The van der Waals surface area contributed by atoms with Crippen LogP contribution in [0.4, 0.5) is 0 Å². The van der Waals surface area contributed by atoms with E-state index >= 15 is 0 Å². The van der Waals surface area contributed by atoms with Crippen molar-refractivity contribution in [1.82, 2.24) is 4.98 Å². The van der Waals surface area contributed by atoms with E-state index in [1.165, 1.54) is 0 Å². The van der Waals surface area contributed by atoms with Crippen molar-refractivity contribution in [1.29, 1.82) is 0 Å². The minimum atomic E-state index is 0.171. The van der Waals surface area contributed by atoms with Crippen molar-refractivity contribution in [3.05, 3.63) is 72.8 Å². The number of rotatable bonds is 1. The van der Waals surface area contributed by atoms with Crippen LogP contribution in [0.2, 0.25) is 0 Å². The standard InChI is InChI=1S/C21H13NO2/c23-19-11-15-7-3-1-5-13(15)9-17(19)21-22-18-10-14-6-2-4-8-16(14)12-20(18)24-21/h1-12,23H. The van der Waals surface area contributed by atoms with Crippen LogP contribution in [-0.4, -0.2) is 10.1 Å². The summed E-state index contributed by atoms with van der Waals surface area (Å²) in [7, 11) is 0. The van der Waals surface area contributed by atoms with Crippen LogP contribution in [-0.2, 0) is 0 Å². The van der Waals surface area contributed by atoms with Crippen LogP contribution in [0.5, 0.6) is 5.75 Å². The number of nitrogens with zero attached hydrogens (tertiary/aromatic N) is 1. The Morgan fingerprint density at radius 3 is 2.00 bits per heavy atom. The average Bonchev–Trinajstić information content (AvgIpc) is 3.01. The van der Waals surface area contributed by atoms with Gasteiger partial charge in [-0.05, 0) is 45.8 Å². The van der Waals surface area contributed by atoms with E-state index in [1.54, 1.807) is 6.07 Å². The smallest absolute Gasteiger partial charge is 0.231 e. The summed E-state index contributed by atoms with van der Waals surface area (Å²) < 4.78 is 5.92. The van der Waals surface area contributed by atoms with Crippen molar-refractivity contribution < 1.29 is 9.52 Å². The molecule has 0 bridgehead atoms. The molecule has 5 aromatic rings. The van der Waals surface area contributed by atoms with Gasteiger partial charge in [0.25, 0.3) is 0 Å². The largest absolute Gasteiger partial charge is 0.507 e. The Morgan fingerprint density at radius 1 is 0.708 bits per heavy atom. The number of phenols is 1. The molecule has 0 saturated carbocycles. The predicted molar refractivity (Wildman–Crippen MR) is 96.1 cm³/mol. The number of benzene rings is 4. The molecule has 5 rings (SSSR count). The van der Waals surface area contributed by atoms with Crippen LogP contribution in [0.1, 0.15) is 0 Å². The first-order chi connectivity index (χ1) is 11.8. The molecule has 3 heteroatoms. The summed E-state index contributed by atoms with van der Waals surface area (Å²) in [6.45, 7) is 0. The van der Waals surface area contributed by atoms with Gasteiger partial charge in [0, 0.05) is 0 Å². The van der Waals surface area contributed by atoms with Crippen molar-refractivity contribution in [3.63, 3.8) is 0 Å². The molecule has 0 aliphatic carbocycles. The molecule has 0 saturated heterocycles. The molecular weight excluding hydrogens is 298 g/mol. The Hall–Kier alpha value is -3.33. The molecule has 0 fully saturated rings. The molecule has 0 spiro atoms. The van der Waals surface area contributed by atoms with E-state index in [4.69, 9.17) is 4.42 Å². The quantitative estimate of drug-likeness (QED) is 0.444. The SMILES string of the molecule is Oc1cc2ccccc2cc1-c1nc2cc3ccccc3cc2o1. The van der Waals surface area contributed by atoms with E-state index in [1.807, 2.05) is 60.7 Å². The highest BCUT2D eigenvalue weighted by atomic mass is 16.3. The number of hydrogen-bond donors (Lipinski definition) is 1. The van der Waals surface area contributed by atoms with Crippen molar-refractivity contribution >= 4 is 32.6 Å². The van der Waals surface area contributed by atoms with Gasteiger partial charge in [0.05, 0.1) is 5.56 Å². The van der Waals surface area contributed by atoms with Gasteiger partial charge in [-0.2, -0.15) is 0 Å². The zero-order valence-electron chi connectivity index (χ0n) is 12.7. The van der Waals surface area contributed by atoms with Crippen LogP contribution in [0, 0.1) is 0 Å². The molecule has 3 nitrogen and oxygen atoms in total. The van der Waals surface area contributed by atoms with Gasteiger partial charge in [0.2, 0.25) is 5.89 Å². The van der Waals surface area contributed by atoms with E-state index in [0.717, 1.165) is 32.6 Å². The van der Waals surface area contributed by atoms with Gasteiger partial charge in [-0.1, -0.05) is 48.5 Å². The van der Waals surface area contributed by atoms with Gasteiger partial charge in [-0.15, -0.1) is 0 Å². The second-order valence-corrected chi connectivity index (χ2v) is 5.90. The number of aromatic hydroxyl groups is 1. The zero-order valence-corrected chi connectivity index (χ0v) is 12.7. The molecule has 0 aliphatic heterocycles. The molecule has 0 aliphatic rings. The highest BCUT2D eigenvalue weighted by Gasteiger charge is 2.14. The Balaban J connectivity index is 1.76. The van der Waals surface area contributed by atoms with Crippen LogP contribution < -0.4 is 0 Å². The molecule has 1 aromatic heterocycles. The zero-order chi connectivity index (χ0) is 16.1. The monoisotopic (exact) mass is 311 g/mol. The second-order valence-electron chi connectivity index (χ2n) is 5.90. The van der Waals surface area contributed by atoms with Crippen molar-refractivity contribution in [2.24, 2.45) is 0 Å². The molecule has 4 aromatic carbocycles. The average molecular weight is 311 g/mol. The van der Waals surface area contributed by atoms with E-state index in [-0.39, 0.29) is 5.75 Å². The summed E-state index contributed by atoms with van der Waals surface area (Å²) in [5, 5.41) is 14.6. The lowest BCUT2D eigenvalue weighted by Gasteiger charge is -2.03. The maximum Gasteiger partial charge on any atom is 0.231 e. The van der Waals surface area contributed by atoms with Crippen LogP contribution >= 0.6 is 0 Å². The van der Waals surface area contributed by atoms with Crippen molar-refractivity contribution in [2.45, 2.75) is 0 Å². The number of fused-ring (bicyclic) bond motifs is 3. The fourth-order valence-electron chi connectivity index (χ4n) is 3.13. The Bertz CT molecular complexity index is 1170. The third-order valence-electron chi connectivity index (χ3n) is 4.35. The number of hydrogen-bond acceptors (Lipinski definition) is 3. The summed E-state index contributed by atoms with van der Waals surface area (Å²) in [5.41, 5.74) is 2.11. The maximum atomic E-state index is 10.4. The first kappa shape index (κ1) is 13.1. The normalized spacial score (nSPS) is 11.5. The third-order valence-corrected chi connectivity index (χ3v) is 4.35. The van der Waals surface area contributed by atoms with Crippen LogP contribution in [0.15, 0.2) is 77.2 Å². The molecule has 0 atom stereocenters. The Morgan fingerprint density at radius 2 is 1.29 bits per heavy atom. The van der Waals surface area contributed by atoms with Crippen molar-refractivity contribution in [2.75, 3.05) is 0 Å². The number of phenolic OH excluding ortho intramolecular Hbond substituents is 1. The van der Waals surface area contributed by atoms with Gasteiger partial charge < -0.3 is 9.52 Å². The Labute approximate surface area is 137 Å². The summed E-state index contributed by atoms with van der Waals surface area (Å²) >= 11 is 0. The van der Waals surface area contributed by atoms with Crippen molar-refractivity contribution in [3.8, 4) is 17.2 Å². The first-order valence-corrected chi connectivity index (χ1v) is 7.79. The van der Waals surface area contributed by atoms with E-state index in [0.29, 0.717) is 11.5 Å². The summed E-state index contributed by atoms with van der Waals surface area (Å²) in [6, 6.07) is 23.7.